The van der Waals surface area contributed by atoms with Crippen molar-refractivity contribution in [3.63, 3.8) is 0 Å². The van der Waals surface area contributed by atoms with Gasteiger partial charge in [-0.05, 0) is 13.8 Å². The Morgan fingerprint density at radius 3 is 2.30 bits per heavy atom. The van der Waals surface area contributed by atoms with E-state index < -0.39 is 23.2 Å². The Balaban J connectivity index is 1.56. The Morgan fingerprint density at radius 1 is 1.08 bits per heavy atom. The van der Waals surface area contributed by atoms with Crippen LogP contribution in [-0.2, 0) is 30.1 Å². The number of carbonyl (C=O) groups excluding carboxylic acids is 1. The normalized spacial score (nSPS) is 16.9. The molecule has 200 valence electrons. The van der Waals surface area contributed by atoms with E-state index in [-0.39, 0.29) is 54.4 Å². The van der Waals surface area contributed by atoms with E-state index in [0.717, 1.165) is 12.4 Å². The molecule has 4 rings (SSSR count). The third-order valence-corrected chi connectivity index (χ3v) is 6.93. The summed E-state index contributed by atoms with van der Waals surface area (Å²) in [5, 5.41) is 3.27. The van der Waals surface area contributed by atoms with Crippen LogP contribution in [0, 0.1) is 6.92 Å². The molecule has 0 N–H and O–H groups in total. The smallest absolute Gasteiger partial charge is 0.358 e. The molecule has 0 aliphatic carbocycles. The van der Waals surface area contributed by atoms with Gasteiger partial charge in [0.15, 0.2) is 5.82 Å². The molecule has 0 unspecified atom stereocenters. The predicted octanol–water partition coefficient (Wildman–Crippen LogP) is 3.84. The van der Waals surface area contributed by atoms with E-state index in [2.05, 4.69) is 25.0 Å². The Bertz CT molecular complexity index is 1270. The number of rotatable bonds is 5. The maximum Gasteiger partial charge on any atom is 0.451 e. The third-order valence-electron chi connectivity index (χ3n) is 5.77. The Morgan fingerprint density at radius 2 is 1.76 bits per heavy atom. The number of aromatic nitrogens is 6. The van der Waals surface area contributed by atoms with Crippen molar-refractivity contribution in [3.05, 3.63) is 34.9 Å². The molecule has 37 heavy (non-hydrogen) atoms. The molecule has 16 heteroatoms. The summed E-state index contributed by atoms with van der Waals surface area (Å²) in [6, 6.07) is -0.371. The van der Waals surface area contributed by atoms with Crippen molar-refractivity contribution in [3.8, 4) is 11.3 Å². The molecule has 3 aromatic heterocycles. The summed E-state index contributed by atoms with van der Waals surface area (Å²) in [6.45, 7) is 6.00. The van der Waals surface area contributed by atoms with Gasteiger partial charge in [-0.3, -0.25) is 4.79 Å². The first-order chi connectivity index (χ1) is 17.3. The minimum Gasteiger partial charge on any atom is -0.358 e. The second-order valence-electron chi connectivity index (χ2n) is 8.43. The van der Waals surface area contributed by atoms with Crippen molar-refractivity contribution in [1.29, 1.82) is 0 Å². The molecule has 4 heterocycles. The fourth-order valence-electron chi connectivity index (χ4n) is 3.94. The molecule has 0 aromatic carbocycles. The quantitative estimate of drug-likeness (QED) is 0.448. The summed E-state index contributed by atoms with van der Waals surface area (Å²) in [7, 11) is 0. The van der Waals surface area contributed by atoms with Crippen molar-refractivity contribution in [1.82, 2.24) is 34.6 Å². The SMILES string of the molecule is CCc1nc(C)n(CC(=O)N2CCN(c3sc(C(F)(F)F)nc3-c3cnc(C(F)(F)F)nc3)C[C@H]2C)n1. The van der Waals surface area contributed by atoms with Gasteiger partial charge in [0, 0.05) is 50.1 Å². The van der Waals surface area contributed by atoms with E-state index in [0.29, 0.717) is 29.4 Å². The van der Waals surface area contributed by atoms with Gasteiger partial charge in [0.25, 0.3) is 0 Å². The van der Waals surface area contributed by atoms with Crippen molar-refractivity contribution < 1.29 is 31.1 Å². The van der Waals surface area contributed by atoms with Gasteiger partial charge in [0.2, 0.25) is 16.7 Å². The standard InChI is InChI=1S/C21H22F6N8OS/c1-4-14-30-12(3)35(32-14)10-15(36)34-6-5-33(9-11(34)2)17-16(31-19(37-17)21(25,26)27)13-7-28-18(29-8-13)20(22,23)24/h7-8,11H,4-6,9-10H2,1-3H3/t11-/m1/s1. The van der Waals surface area contributed by atoms with E-state index in [1.165, 1.54) is 4.68 Å². The number of anilines is 1. The molecular weight excluding hydrogens is 526 g/mol. The van der Waals surface area contributed by atoms with Gasteiger partial charge in [0.1, 0.15) is 23.1 Å². The third kappa shape index (κ3) is 5.67. The highest BCUT2D eigenvalue weighted by Gasteiger charge is 2.39. The van der Waals surface area contributed by atoms with Crippen LogP contribution in [0.4, 0.5) is 31.3 Å². The zero-order valence-corrected chi connectivity index (χ0v) is 20.7. The van der Waals surface area contributed by atoms with Crippen molar-refractivity contribution in [2.75, 3.05) is 24.5 Å². The van der Waals surface area contributed by atoms with Crippen LogP contribution >= 0.6 is 11.3 Å². The Hall–Kier alpha value is -3.30. The first-order valence-corrected chi connectivity index (χ1v) is 12.0. The summed E-state index contributed by atoms with van der Waals surface area (Å²) in [5.41, 5.74) is -0.238. The lowest BCUT2D eigenvalue weighted by Crippen LogP contribution is -2.54. The van der Waals surface area contributed by atoms with E-state index in [1.54, 1.807) is 23.6 Å². The van der Waals surface area contributed by atoms with Crippen LogP contribution in [-0.4, -0.2) is 66.2 Å². The topological polar surface area (TPSA) is 92.9 Å². The molecular formula is C21H22F6N8OS. The van der Waals surface area contributed by atoms with E-state index in [9.17, 15) is 31.1 Å². The van der Waals surface area contributed by atoms with Crippen LogP contribution < -0.4 is 4.90 Å². The highest BCUT2D eigenvalue weighted by molar-refractivity contribution is 7.16. The minimum absolute atomic E-state index is 0.0178. The summed E-state index contributed by atoms with van der Waals surface area (Å²) in [5.74, 6) is -0.393. The number of nitrogens with zero attached hydrogens (tertiary/aromatic N) is 8. The fraction of sp³-hybridized carbons (Fsp3) is 0.524. The number of amides is 1. The van der Waals surface area contributed by atoms with Gasteiger partial charge in [-0.1, -0.05) is 18.3 Å². The number of carbonyl (C=O) groups is 1. The second kappa shape index (κ2) is 9.87. The molecule has 0 bridgehead atoms. The van der Waals surface area contributed by atoms with E-state index in [1.807, 2.05) is 6.92 Å². The summed E-state index contributed by atoms with van der Waals surface area (Å²) in [4.78, 5) is 30.7. The zero-order valence-electron chi connectivity index (χ0n) is 19.9. The van der Waals surface area contributed by atoms with Crippen molar-refractivity contribution >= 4 is 22.2 Å². The summed E-state index contributed by atoms with van der Waals surface area (Å²) >= 11 is 0.385. The number of alkyl halides is 6. The average molecular weight is 549 g/mol. The van der Waals surface area contributed by atoms with Crippen molar-refractivity contribution in [2.45, 2.75) is 52.1 Å². The number of thiazole rings is 1. The maximum absolute atomic E-state index is 13.5. The number of aryl methyl sites for hydroxylation is 2. The molecule has 3 aromatic rings. The molecule has 0 spiro atoms. The van der Waals surface area contributed by atoms with Crippen LogP contribution in [0.25, 0.3) is 11.3 Å². The molecule has 1 atom stereocenters. The predicted molar refractivity (Wildman–Crippen MR) is 121 cm³/mol. The molecule has 1 saturated heterocycles. The summed E-state index contributed by atoms with van der Waals surface area (Å²) in [6.07, 6.45) is -7.30. The lowest BCUT2D eigenvalue weighted by Gasteiger charge is -2.40. The first kappa shape index (κ1) is 26.8. The van der Waals surface area contributed by atoms with Crippen molar-refractivity contribution in [2.24, 2.45) is 0 Å². The molecule has 0 radical (unpaired) electrons. The summed E-state index contributed by atoms with van der Waals surface area (Å²) < 4.78 is 80.5. The lowest BCUT2D eigenvalue weighted by atomic mass is 10.1. The van der Waals surface area contributed by atoms with Gasteiger partial charge in [-0.15, -0.1) is 0 Å². The molecule has 1 amide bonds. The Labute approximate surface area is 211 Å². The average Bonchev–Trinajstić information content (AvgIpc) is 3.42. The van der Waals surface area contributed by atoms with Gasteiger partial charge >= 0.3 is 12.4 Å². The van der Waals surface area contributed by atoms with E-state index >= 15 is 0 Å². The van der Waals surface area contributed by atoms with Gasteiger partial charge in [0.05, 0.1) is 0 Å². The lowest BCUT2D eigenvalue weighted by molar-refractivity contribution is -0.145. The number of hydrogen-bond donors (Lipinski definition) is 0. The van der Waals surface area contributed by atoms with E-state index in [4.69, 9.17) is 0 Å². The monoisotopic (exact) mass is 548 g/mol. The zero-order chi connectivity index (χ0) is 27.1. The molecule has 1 fully saturated rings. The number of piperazine rings is 1. The van der Waals surface area contributed by atoms with Crippen LogP contribution in [0.2, 0.25) is 0 Å². The molecule has 9 nitrogen and oxygen atoms in total. The fourth-order valence-corrected chi connectivity index (χ4v) is 4.93. The number of hydrogen-bond acceptors (Lipinski definition) is 8. The second-order valence-corrected chi connectivity index (χ2v) is 9.41. The highest BCUT2D eigenvalue weighted by atomic mass is 32.1. The van der Waals surface area contributed by atoms with Crippen LogP contribution in [0.15, 0.2) is 12.4 Å². The van der Waals surface area contributed by atoms with Gasteiger partial charge < -0.3 is 9.80 Å². The first-order valence-electron chi connectivity index (χ1n) is 11.2. The molecule has 0 saturated carbocycles. The maximum atomic E-state index is 13.5. The molecule has 1 aliphatic rings. The van der Waals surface area contributed by atoms with Crippen LogP contribution in [0.1, 0.15) is 36.3 Å². The van der Waals surface area contributed by atoms with Gasteiger partial charge in [-0.2, -0.15) is 31.4 Å². The number of halogens is 6. The Kier molecular flexibility index (Phi) is 7.14. The van der Waals surface area contributed by atoms with Crippen LogP contribution in [0.3, 0.4) is 0 Å². The highest BCUT2D eigenvalue weighted by Crippen LogP contribution is 2.43. The largest absolute Gasteiger partial charge is 0.451 e. The van der Waals surface area contributed by atoms with Crippen LogP contribution in [0.5, 0.6) is 0 Å². The molecule has 1 aliphatic heterocycles. The van der Waals surface area contributed by atoms with Gasteiger partial charge in [-0.25, -0.2) is 24.6 Å². The minimum atomic E-state index is -4.79.